The molecule has 3 heterocycles. The Bertz CT molecular complexity index is 830. The van der Waals surface area contributed by atoms with Gasteiger partial charge < -0.3 is 4.90 Å². The van der Waals surface area contributed by atoms with E-state index in [1.807, 2.05) is 70.2 Å². The molecule has 1 aliphatic heterocycles. The summed E-state index contributed by atoms with van der Waals surface area (Å²) in [6, 6.07) is 15.9. The number of piperidine rings is 1. The van der Waals surface area contributed by atoms with Crippen LogP contribution in [0.2, 0.25) is 0 Å². The van der Waals surface area contributed by atoms with Crippen molar-refractivity contribution in [2.24, 2.45) is 0 Å². The molecule has 0 aliphatic carbocycles. The average Bonchev–Trinajstić information content (AvgIpc) is 3.01. The molecule has 5 heteroatoms. The fourth-order valence-corrected chi connectivity index (χ4v) is 4.11. The maximum Gasteiger partial charge on any atom is 0.240 e. The molecule has 1 saturated heterocycles. The van der Waals surface area contributed by atoms with Crippen LogP contribution in [0.4, 0.5) is 5.69 Å². The summed E-state index contributed by atoms with van der Waals surface area (Å²) < 4.78 is 2.04. The van der Waals surface area contributed by atoms with Crippen LogP contribution in [-0.2, 0) is 4.79 Å². The van der Waals surface area contributed by atoms with Crippen molar-refractivity contribution in [3.63, 3.8) is 0 Å². The van der Waals surface area contributed by atoms with E-state index >= 15 is 0 Å². The topological polar surface area (TPSA) is 37.6 Å². The molecule has 4 nitrogen and oxygen atoms in total. The molecule has 1 fully saturated rings. The van der Waals surface area contributed by atoms with E-state index < -0.39 is 0 Å². The number of anilines is 1. The van der Waals surface area contributed by atoms with Gasteiger partial charge in [-0.2, -0.15) is 0 Å². The number of thioether (sulfide) groups is 1. The fraction of sp³-hybridized carbons (Fsp3) is 0.222. The lowest BCUT2D eigenvalue weighted by Crippen LogP contribution is -2.43. The Hall–Kier alpha value is -2.27. The lowest BCUT2D eigenvalue weighted by Gasteiger charge is -2.31. The predicted molar refractivity (Wildman–Crippen MR) is 92.9 cm³/mol. The van der Waals surface area contributed by atoms with Gasteiger partial charge in [0.1, 0.15) is 0 Å². The molecule has 1 atom stereocenters. The maximum atomic E-state index is 12.9. The highest BCUT2D eigenvalue weighted by atomic mass is 32.2. The fourth-order valence-electron chi connectivity index (χ4n) is 2.95. The minimum absolute atomic E-state index is 0.0743. The summed E-state index contributed by atoms with van der Waals surface area (Å²) in [6.07, 6.45) is 5.76. The van der Waals surface area contributed by atoms with Crippen molar-refractivity contribution in [2.45, 2.75) is 23.2 Å². The minimum Gasteiger partial charge on any atom is -0.311 e. The van der Waals surface area contributed by atoms with Gasteiger partial charge in [-0.1, -0.05) is 36.0 Å². The van der Waals surface area contributed by atoms with Crippen LogP contribution in [0.15, 0.2) is 66.1 Å². The molecule has 0 radical (unpaired) electrons. The number of fused-ring (bicyclic) bond motifs is 1. The zero-order valence-corrected chi connectivity index (χ0v) is 13.4. The Balaban J connectivity index is 1.58. The Morgan fingerprint density at radius 3 is 2.78 bits per heavy atom. The predicted octanol–water partition coefficient (Wildman–Crippen LogP) is 3.62. The number of imidazole rings is 1. The summed E-state index contributed by atoms with van der Waals surface area (Å²) in [6.45, 7) is 0.794. The first-order valence-electron chi connectivity index (χ1n) is 7.78. The molecule has 23 heavy (non-hydrogen) atoms. The van der Waals surface area contributed by atoms with Crippen LogP contribution in [0.1, 0.15) is 12.8 Å². The van der Waals surface area contributed by atoms with Crippen molar-refractivity contribution >= 4 is 28.9 Å². The van der Waals surface area contributed by atoms with Crippen molar-refractivity contribution in [1.29, 1.82) is 0 Å². The normalized spacial score (nSPS) is 18.5. The number of hydrogen-bond donors (Lipinski definition) is 0. The van der Waals surface area contributed by atoms with Crippen LogP contribution < -0.4 is 4.90 Å². The van der Waals surface area contributed by atoms with Gasteiger partial charge in [-0.15, -0.1) is 0 Å². The number of carbonyl (C=O) groups excluding carboxylic acids is 1. The van der Waals surface area contributed by atoms with Gasteiger partial charge in [0.05, 0.1) is 17.0 Å². The van der Waals surface area contributed by atoms with E-state index in [2.05, 4.69) is 4.98 Å². The lowest BCUT2D eigenvalue weighted by molar-refractivity contribution is -0.119. The summed E-state index contributed by atoms with van der Waals surface area (Å²) in [5.74, 6) is 0.181. The zero-order chi connectivity index (χ0) is 15.6. The number of nitrogens with zero attached hydrogens (tertiary/aromatic N) is 3. The van der Waals surface area contributed by atoms with Crippen LogP contribution in [0.25, 0.3) is 5.52 Å². The molecule has 2 aromatic heterocycles. The second-order valence-electron chi connectivity index (χ2n) is 5.61. The molecule has 1 aliphatic rings. The molecule has 0 bridgehead atoms. The third kappa shape index (κ3) is 2.72. The van der Waals surface area contributed by atoms with Crippen LogP contribution in [0, 0.1) is 0 Å². The van der Waals surface area contributed by atoms with E-state index in [1.165, 1.54) is 0 Å². The summed E-state index contributed by atoms with van der Waals surface area (Å²) in [7, 11) is 0. The van der Waals surface area contributed by atoms with Crippen molar-refractivity contribution in [1.82, 2.24) is 9.38 Å². The Kier molecular flexibility index (Phi) is 3.79. The highest BCUT2D eigenvalue weighted by Gasteiger charge is 2.31. The van der Waals surface area contributed by atoms with Gasteiger partial charge in [0.15, 0.2) is 5.16 Å². The molecular weight excluding hydrogens is 306 g/mol. The largest absolute Gasteiger partial charge is 0.311 e. The summed E-state index contributed by atoms with van der Waals surface area (Å²) in [5, 5.41) is 0.809. The Morgan fingerprint density at radius 1 is 1.09 bits per heavy atom. The van der Waals surface area contributed by atoms with Crippen LogP contribution in [0.5, 0.6) is 0 Å². The molecule has 1 amide bonds. The summed E-state index contributed by atoms with van der Waals surface area (Å²) in [4.78, 5) is 19.2. The molecule has 1 unspecified atom stereocenters. The number of aromatic nitrogens is 2. The third-order valence-electron chi connectivity index (χ3n) is 4.11. The summed E-state index contributed by atoms with van der Waals surface area (Å²) >= 11 is 1.57. The molecule has 4 rings (SSSR count). The first-order chi connectivity index (χ1) is 11.3. The van der Waals surface area contributed by atoms with Gasteiger partial charge in [-0.3, -0.25) is 9.20 Å². The van der Waals surface area contributed by atoms with Crippen LogP contribution in [0.3, 0.4) is 0 Å². The average molecular weight is 323 g/mol. The van der Waals surface area contributed by atoms with E-state index in [9.17, 15) is 4.79 Å². The van der Waals surface area contributed by atoms with E-state index in [4.69, 9.17) is 0 Å². The number of hydrogen-bond acceptors (Lipinski definition) is 3. The monoisotopic (exact) mass is 323 g/mol. The van der Waals surface area contributed by atoms with Gasteiger partial charge in [0.25, 0.3) is 0 Å². The number of carbonyl (C=O) groups is 1. The quantitative estimate of drug-likeness (QED) is 0.739. The number of rotatable bonds is 3. The number of pyridine rings is 1. The molecule has 116 valence electrons. The molecule has 0 N–H and O–H groups in total. The van der Waals surface area contributed by atoms with Crippen molar-refractivity contribution < 1.29 is 4.79 Å². The minimum atomic E-state index is -0.0743. The number of amides is 1. The molecule has 3 aromatic rings. The number of benzene rings is 1. The Labute approximate surface area is 139 Å². The smallest absolute Gasteiger partial charge is 0.240 e. The van der Waals surface area contributed by atoms with Gasteiger partial charge in [-0.05, 0) is 37.1 Å². The SMILES string of the molecule is O=C1C(Sc2ncc3ccccn23)CCCN1c1ccccc1. The van der Waals surface area contributed by atoms with E-state index in [0.717, 1.165) is 35.7 Å². The Morgan fingerprint density at radius 2 is 1.91 bits per heavy atom. The van der Waals surface area contributed by atoms with Crippen LogP contribution >= 0.6 is 11.8 Å². The van der Waals surface area contributed by atoms with Crippen LogP contribution in [-0.4, -0.2) is 27.1 Å². The van der Waals surface area contributed by atoms with E-state index in [-0.39, 0.29) is 11.2 Å². The molecule has 0 spiro atoms. The van der Waals surface area contributed by atoms with Gasteiger partial charge in [0, 0.05) is 18.4 Å². The highest BCUT2D eigenvalue weighted by molar-refractivity contribution is 8.00. The van der Waals surface area contributed by atoms with E-state index in [1.54, 1.807) is 11.8 Å². The standard InChI is InChI=1S/C18H17N3OS/c22-17-16(10-6-12-20(17)14-7-2-1-3-8-14)23-18-19-13-15-9-4-5-11-21(15)18/h1-5,7-9,11,13,16H,6,10,12H2. The second-order valence-corrected chi connectivity index (χ2v) is 6.78. The van der Waals surface area contributed by atoms with Gasteiger partial charge in [0.2, 0.25) is 5.91 Å². The lowest BCUT2D eigenvalue weighted by atomic mass is 10.1. The van der Waals surface area contributed by atoms with Crippen molar-refractivity contribution in [2.75, 3.05) is 11.4 Å². The second kappa shape index (κ2) is 6.08. The van der Waals surface area contributed by atoms with Crippen molar-refractivity contribution in [3.8, 4) is 0 Å². The highest BCUT2D eigenvalue weighted by Crippen LogP contribution is 2.32. The van der Waals surface area contributed by atoms with Crippen molar-refractivity contribution in [3.05, 3.63) is 60.9 Å². The zero-order valence-electron chi connectivity index (χ0n) is 12.6. The summed E-state index contributed by atoms with van der Waals surface area (Å²) in [5.41, 5.74) is 2.04. The number of para-hydroxylation sites is 1. The first-order valence-corrected chi connectivity index (χ1v) is 8.66. The molecular formula is C18H17N3OS. The maximum absolute atomic E-state index is 12.9. The molecule has 1 aromatic carbocycles. The first kappa shape index (κ1) is 14.3. The van der Waals surface area contributed by atoms with Gasteiger partial charge >= 0.3 is 0 Å². The van der Waals surface area contributed by atoms with Gasteiger partial charge in [-0.25, -0.2) is 4.98 Å². The van der Waals surface area contributed by atoms with E-state index in [0.29, 0.717) is 0 Å². The third-order valence-corrected chi connectivity index (χ3v) is 5.34. The molecule has 0 saturated carbocycles.